The second-order valence-corrected chi connectivity index (χ2v) is 9.42. The number of aliphatic hydroxyl groups is 1. The molecule has 160 valence electrons. The van der Waals surface area contributed by atoms with Gasteiger partial charge in [0.15, 0.2) is 15.7 Å². The summed E-state index contributed by atoms with van der Waals surface area (Å²) in [5.41, 5.74) is -1.04. The Hall–Kier alpha value is -2.78. The van der Waals surface area contributed by atoms with Crippen molar-refractivity contribution >= 4 is 15.7 Å². The maximum atomic E-state index is 12.8. The van der Waals surface area contributed by atoms with Gasteiger partial charge in [-0.25, -0.2) is 13.4 Å². The van der Waals surface area contributed by atoms with Crippen LogP contribution in [0.4, 0.5) is 0 Å². The summed E-state index contributed by atoms with van der Waals surface area (Å²) in [7, 11) is -3.30. The van der Waals surface area contributed by atoms with Crippen molar-refractivity contribution in [2.75, 3.05) is 6.26 Å². The number of aromatic nitrogens is 2. The maximum absolute atomic E-state index is 12.8. The minimum Gasteiger partial charge on any atom is -0.438 e. The molecule has 2 aromatic rings. The van der Waals surface area contributed by atoms with Gasteiger partial charge in [-0.1, -0.05) is 24.3 Å². The number of ether oxygens (including phenoxy) is 1. The van der Waals surface area contributed by atoms with E-state index >= 15 is 0 Å². The third-order valence-electron chi connectivity index (χ3n) is 4.78. The van der Waals surface area contributed by atoms with Gasteiger partial charge in [-0.2, -0.15) is 4.98 Å². The van der Waals surface area contributed by atoms with Gasteiger partial charge in [0.2, 0.25) is 5.88 Å². The molecule has 1 amide bonds. The number of hydrogen-bond acceptors (Lipinski definition) is 7. The molecule has 2 N–H and O–H groups in total. The summed E-state index contributed by atoms with van der Waals surface area (Å²) in [6.45, 7) is 1.65. The Kier molecular flexibility index (Phi) is 6.52. The van der Waals surface area contributed by atoms with Gasteiger partial charge in [0, 0.05) is 23.9 Å². The summed E-state index contributed by atoms with van der Waals surface area (Å²) >= 11 is 0. The zero-order valence-corrected chi connectivity index (χ0v) is 17.7. The highest BCUT2D eigenvalue weighted by Gasteiger charge is 2.37. The maximum Gasteiger partial charge on any atom is 0.258 e. The van der Waals surface area contributed by atoms with Crippen LogP contribution in [0.5, 0.6) is 11.6 Å². The number of carbonyl (C=O) groups excluding carboxylic acids is 1. The fourth-order valence-corrected chi connectivity index (χ4v) is 3.72. The normalized spacial score (nSPS) is 17.0. The fourth-order valence-electron chi connectivity index (χ4n) is 3.20. The van der Waals surface area contributed by atoms with E-state index in [2.05, 4.69) is 15.3 Å². The Bertz CT molecular complexity index is 1030. The number of nitrogens with zero attached hydrogens (tertiary/aromatic N) is 2. The molecular weight excluding hydrogens is 406 g/mol. The molecule has 1 aromatic carbocycles. The van der Waals surface area contributed by atoms with Crippen LogP contribution in [0.3, 0.4) is 0 Å². The van der Waals surface area contributed by atoms with E-state index in [-0.39, 0.29) is 17.3 Å². The van der Waals surface area contributed by atoms with Crippen molar-refractivity contribution in [3.63, 3.8) is 0 Å². The average molecular weight is 432 g/mol. The van der Waals surface area contributed by atoms with E-state index < -0.39 is 27.4 Å². The Morgan fingerprint density at radius 1 is 1.27 bits per heavy atom. The van der Waals surface area contributed by atoms with Crippen LogP contribution in [0, 0.1) is 0 Å². The van der Waals surface area contributed by atoms with Gasteiger partial charge in [-0.3, -0.25) is 4.79 Å². The number of sulfone groups is 1. The number of amides is 1. The summed E-state index contributed by atoms with van der Waals surface area (Å²) in [6.07, 6.45) is 6.64. The quantitative estimate of drug-likeness (QED) is 0.692. The van der Waals surface area contributed by atoms with Gasteiger partial charge in [0.1, 0.15) is 16.9 Å². The predicted molar refractivity (Wildman–Crippen MR) is 112 cm³/mol. The van der Waals surface area contributed by atoms with E-state index in [1.807, 2.05) is 6.07 Å². The third kappa shape index (κ3) is 5.64. The summed E-state index contributed by atoms with van der Waals surface area (Å²) in [6, 6.07) is 8.33. The van der Waals surface area contributed by atoms with Gasteiger partial charge in [0.05, 0.1) is 0 Å². The highest BCUT2D eigenvalue weighted by atomic mass is 32.2. The molecule has 1 aromatic heterocycles. The van der Waals surface area contributed by atoms with Crippen LogP contribution in [-0.2, 0) is 15.4 Å². The average Bonchev–Trinajstić information content (AvgIpc) is 3.14. The van der Waals surface area contributed by atoms with Crippen LogP contribution in [0.1, 0.15) is 48.8 Å². The van der Waals surface area contributed by atoms with E-state index in [9.17, 15) is 18.3 Å². The molecule has 0 spiro atoms. The number of hydrogen-bond donors (Lipinski definition) is 2. The summed E-state index contributed by atoms with van der Waals surface area (Å²) in [4.78, 5) is 21.4. The highest BCUT2D eigenvalue weighted by Crippen LogP contribution is 2.37. The van der Waals surface area contributed by atoms with E-state index in [1.165, 1.54) is 12.3 Å². The van der Waals surface area contributed by atoms with Crippen LogP contribution < -0.4 is 10.1 Å². The lowest BCUT2D eigenvalue weighted by molar-refractivity contribution is 0.0344. The van der Waals surface area contributed by atoms with Crippen molar-refractivity contribution in [3.8, 4) is 11.6 Å². The first kappa shape index (κ1) is 21.9. The molecule has 8 nitrogen and oxygen atoms in total. The second kappa shape index (κ2) is 8.93. The Balaban J connectivity index is 1.90. The van der Waals surface area contributed by atoms with Crippen molar-refractivity contribution in [1.82, 2.24) is 15.3 Å². The van der Waals surface area contributed by atoms with Crippen molar-refractivity contribution in [3.05, 3.63) is 59.4 Å². The van der Waals surface area contributed by atoms with Gasteiger partial charge in [0.25, 0.3) is 5.91 Å². The molecule has 1 aliphatic rings. The minimum absolute atomic E-state index is 0.0308. The molecule has 1 aliphatic carbocycles. The SMILES string of the molecule is CC(C=CS(C)(=O)=O)NC(=O)c1cnc(C2(O)CCCC2)nc1Oc1ccccc1. The topological polar surface area (TPSA) is 118 Å². The lowest BCUT2D eigenvalue weighted by atomic mass is 10.0. The summed E-state index contributed by atoms with van der Waals surface area (Å²) in [5.74, 6) is 0.229. The molecule has 0 radical (unpaired) electrons. The monoisotopic (exact) mass is 431 g/mol. The molecule has 30 heavy (non-hydrogen) atoms. The van der Waals surface area contributed by atoms with Crippen molar-refractivity contribution in [2.45, 2.75) is 44.2 Å². The molecule has 0 aliphatic heterocycles. The third-order valence-corrected chi connectivity index (χ3v) is 5.43. The first-order valence-corrected chi connectivity index (χ1v) is 11.6. The lowest BCUT2D eigenvalue weighted by Gasteiger charge is -2.21. The zero-order chi connectivity index (χ0) is 21.8. The van der Waals surface area contributed by atoms with Crippen molar-refractivity contribution in [1.29, 1.82) is 0 Å². The summed E-state index contributed by atoms with van der Waals surface area (Å²) in [5, 5.41) is 14.5. The molecule has 9 heteroatoms. The molecule has 1 fully saturated rings. The molecule has 1 saturated carbocycles. The van der Waals surface area contributed by atoms with Gasteiger partial charge < -0.3 is 15.2 Å². The number of para-hydroxylation sites is 1. The minimum atomic E-state index is -3.30. The van der Waals surface area contributed by atoms with Crippen LogP contribution >= 0.6 is 0 Å². The van der Waals surface area contributed by atoms with E-state index in [0.717, 1.165) is 24.5 Å². The zero-order valence-electron chi connectivity index (χ0n) is 16.9. The molecule has 1 heterocycles. The van der Waals surface area contributed by atoms with Gasteiger partial charge in [-0.15, -0.1) is 0 Å². The highest BCUT2D eigenvalue weighted by molar-refractivity contribution is 7.93. The van der Waals surface area contributed by atoms with E-state index in [4.69, 9.17) is 4.74 Å². The van der Waals surface area contributed by atoms with Gasteiger partial charge >= 0.3 is 0 Å². The van der Waals surface area contributed by atoms with Gasteiger partial charge in [-0.05, 0) is 44.7 Å². The molecule has 0 saturated heterocycles. The Labute approximate surface area is 175 Å². The predicted octanol–water partition coefficient (Wildman–Crippen LogP) is 2.71. The molecule has 3 rings (SSSR count). The molecule has 0 bridgehead atoms. The molecule has 1 unspecified atom stereocenters. The van der Waals surface area contributed by atoms with Crippen LogP contribution in [0.2, 0.25) is 0 Å². The van der Waals surface area contributed by atoms with Crippen LogP contribution in [0.15, 0.2) is 48.0 Å². The first-order valence-electron chi connectivity index (χ1n) is 9.68. The largest absolute Gasteiger partial charge is 0.438 e. The second-order valence-electron chi connectivity index (χ2n) is 7.49. The number of benzene rings is 1. The first-order chi connectivity index (χ1) is 14.2. The Morgan fingerprint density at radius 3 is 2.57 bits per heavy atom. The fraction of sp³-hybridized carbons (Fsp3) is 0.381. The van der Waals surface area contributed by atoms with E-state index in [1.54, 1.807) is 31.2 Å². The number of carbonyl (C=O) groups is 1. The van der Waals surface area contributed by atoms with E-state index in [0.29, 0.717) is 18.6 Å². The molecular formula is C21H25N3O5S. The molecule has 1 atom stereocenters. The van der Waals surface area contributed by atoms with Crippen LogP contribution in [-0.4, -0.2) is 41.7 Å². The van der Waals surface area contributed by atoms with Crippen molar-refractivity contribution < 1.29 is 23.1 Å². The van der Waals surface area contributed by atoms with Crippen molar-refractivity contribution in [2.24, 2.45) is 0 Å². The summed E-state index contributed by atoms with van der Waals surface area (Å²) < 4.78 is 28.4. The number of rotatable bonds is 7. The van der Waals surface area contributed by atoms with Crippen LogP contribution in [0.25, 0.3) is 0 Å². The lowest BCUT2D eigenvalue weighted by Crippen LogP contribution is -2.32. The standard InChI is InChI=1S/C21H25N3O5S/c1-15(10-13-30(2,27)28)23-18(25)17-14-22-20(21(26)11-6-7-12-21)24-19(17)29-16-8-4-3-5-9-16/h3-5,8-10,13-15,26H,6-7,11-12H2,1-2H3,(H,23,25). The Morgan fingerprint density at radius 2 is 1.93 bits per heavy atom. The number of nitrogens with one attached hydrogen (secondary N) is 1. The smallest absolute Gasteiger partial charge is 0.258 e.